The van der Waals surface area contributed by atoms with E-state index in [-0.39, 0.29) is 35.2 Å². The number of fused-ring (bicyclic) bond motifs is 1. The van der Waals surface area contributed by atoms with Crippen LogP contribution in [0.2, 0.25) is 5.02 Å². The van der Waals surface area contributed by atoms with E-state index in [2.05, 4.69) is 15.4 Å². The van der Waals surface area contributed by atoms with Crippen molar-refractivity contribution in [3.63, 3.8) is 0 Å². The Balaban J connectivity index is 1.56. The summed E-state index contributed by atoms with van der Waals surface area (Å²) in [5, 5.41) is 7.67. The standard InChI is InChI=1S/C26H24ClFN6O2/c27-19-11-6-9-17(23(19)28)14-31-25(29)20(13-16-7-2-1-3-8-16)32-22(35)15-34-21-12-5-4-10-18(21)24(33-34)26(30)36/h1-12,20H,13-15H2,(H2,29,31)(H2,30,36)(H,32,35)/t20-/m0/s1. The van der Waals surface area contributed by atoms with Crippen LogP contribution >= 0.6 is 11.6 Å². The molecule has 10 heteroatoms. The molecule has 4 aromatic rings. The van der Waals surface area contributed by atoms with E-state index in [1.165, 1.54) is 10.7 Å². The maximum absolute atomic E-state index is 14.3. The summed E-state index contributed by atoms with van der Waals surface area (Å²) < 4.78 is 15.7. The summed E-state index contributed by atoms with van der Waals surface area (Å²) in [5.41, 5.74) is 13.6. The van der Waals surface area contributed by atoms with Crippen LogP contribution in [0.25, 0.3) is 10.9 Å². The van der Waals surface area contributed by atoms with Crippen molar-refractivity contribution in [1.29, 1.82) is 0 Å². The van der Waals surface area contributed by atoms with Crippen molar-refractivity contribution >= 4 is 40.2 Å². The third-order valence-electron chi connectivity index (χ3n) is 5.62. The third-order valence-corrected chi connectivity index (χ3v) is 5.92. The number of halogens is 2. The number of hydrogen-bond donors (Lipinski definition) is 3. The normalized spacial score (nSPS) is 12.4. The van der Waals surface area contributed by atoms with Crippen molar-refractivity contribution in [3.8, 4) is 0 Å². The lowest BCUT2D eigenvalue weighted by atomic mass is 10.0. The number of primary amides is 1. The van der Waals surface area contributed by atoms with Crippen molar-refractivity contribution in [2.75, 3.05) is 0 Å². The molecule has 0 fully saturated rings. The number of nitrogens with two attached hydrogens (primary N) is 2. The van der Waals surface area contributed by atoms with E-state index >= 15 is 0 Å². The molecule has 0 aliphatic rings. The zero-order valence-electron chi connectivity index (χ0n) is 19.2. The topological polar surface area (TPSA) is 128 Å². The van der Waals surface area contributed by atoms with Gasteiger partial charge in [0.15, 0.2) is 5.69 Å². The van der Waals surface area contributed by atoms with Gasteiger partial charge in [0.05, 0.1) is 23.1 Å². The first kappa shape index (κ1) is 24.9. The minimum atomic E-state index is -0.683. The van der Waals surface area contributed by atoms with Crippen LogP contribution in [-0.4, -0.2) is 33.5 Å². The van der Waals surface area contributed by atoms with Gasteiger partial charge in [0.2, 0.25) is 5.91 Å². The van der Waals surface area contributed by atoms with Gasteiger partial charge in [-0.2, -0.15) is 5.10 Å². The smallest absolute Gasteiger partial charge is 0.269 e. The Morgan fingerprint density at radius 2 is 1.75 bits per heavy atom. The predicted molar refractivity (Wildman–Crippen MR) is 137 cm³/mol. The number of carbonyl (C=O) groups excluding carboxylic acids is 2. The Hall–Kier alpha value is -4.24. The molecule has 3 aromatic carbocycles. The lowest BCUT2D eigenvalue weighted by Gasteiger charge is -2.19. The van der Waals surface area contributed by atoms with Gasteiger partial charge in [-0.15, -0.1) is 0 Å². The lowest BCUT2D eigenvalue weighted by Crippen LogP contribution is -2.47. The molecule has 0 saturated carbocycles. The van der Waals surface area contributed by atoms with E-state index in [0.717, 1.165) is 5.56 Å². The van der Waals surface area contributed by atoms with Crippen LogP contribution in [0.5, 0.6) is 0 Å². The summed E-state index contributed by atoms with van der Waals surface area (Å²) in [6.07, 6.45) is 0.367. The van der Waals surface area contributed by atoms with Gasteiger partial charge in [0.1, 0.15) is 18.2 Å². The summed E-state index contributed by atoms with van der Waals surface area (Å²) >= 11 is 5.86. The van der Waals surface area contributed by atoms with Crippen molar-refractivity contribution in [2.45, 2.75) is 25.6 Å². The molecule has 5 N–H and O–H groups in total. The first-order valence-electron chi connectivity index (χ1n) is 11.1. The number of benzene rings is 3. The van der Waals surface area contributed by atoms with Gasteiger partial charge in [-0.05, 0) is 24.1 Å². The van der Waals surface area contributed by atoms with Crippen LogP contribution in [0, 0.1) is 5.82 Å². The maximum Gasteiger partial charge on any atom is 0.269 e. The molecule has 4 rings (SSSR count). The van der Waals surface area contributed by atoms with Crippen LogP contribution < -0.4 is 16.8 Å². The highest BCUT2D eigenvalue weighted by atomic mass is 35.5. The number of amidine groups is 1. The zero-order chi connectivity index (χ0) is 25.7. The summed E-state index contributed by atoms with van der Waals surface area (Å²) in [6.45, 7) is -0.208. The number of amides is 2. The fourth-order valence-corrected chi connectivity index (χ4v) is 4.04. The maximum atomic E-state index is 14.3. The molecule has 184 valence electrons. The minimum Gasteiger partial charge on any atom is -0.386 e. The molecule has 1 atom stereocenters. The molecule has 0 aliphatic heterocycles. The molecule has 1 aromatic heterocycles. The quantitative estimate of drug-likeness (QED) is 0.238. The number of aromatic nitrogens is 2. The van der Waals surface area contributed by atoms with Gasteiger partial charge in [-0.25, -0.2) is 4.39 Å². The second-order valence-corrected chi connectivity index (χ2v) is 8.56. The predicted octanol–water partition coefficient (Wildman–Crippen LogP) is 3.21. The molecule has 0 unspecified atom stereocenters. The van der Waals surface area contributed by atoms with Gasteiger partial charge in [-0.1, -0.05) is 72.3 Å². The Morgan fingerprint density at radius 1 is 1.03 bits per heavy atom. The molecule has 36 heavy (non-hydrogen) atoms. The fraction of sp³-hybridized carbons (Fsp3) is 0.154. The van der Waals surface area contributed by atoms with E-state index < -0.39 is 23.7 Å². The van der Waals surface area contributed by atoms with E-state index in [0.29, 0.717) is 17.3 Å². The summed E-state index contributed by atoms with van der Waals surface area (Å²) in [4.78, 5) is 29.2. The van der Waals surface area contributed by atoms with Crippen molar-refractivity contribution in [2.24, 2.45) is 16.5 Å². The van der Waals surface area contributed by atoms with Gasteiger partial charge in [0.25, 0.3) is 5.91 Å². The summed E-state index contributed by atoms with van der Waals surface area (Å²) in [6, 6.07) is 20.4. The number of para-hydroxylation sites is 1. The molecule has 8 nitrogen and oxygen atoms in total. The molecule has 2 amide bonds. The molecule has 0 saturated heterocycles. The SMILES string of the molecule is NC(=O)c1nn(CC(=O)N[C@@H](Cc2ccccc2)C(N)=NCc2cccc(Cl)c2F)c2ccccc12. The van der Waals surface area contributed by atoms with Crippen LogP contribution in [0.1, 0.15) is 21.6 Å². The number of hydrogen-bond acceptors (Lipinski definition) is 4. The summed E-state index contributed by atoms with van der Waals surface area (Å²) in [5.74, 6) is -1.51. The second kappa shape index (κ2) is 11.0. The van der Waals surface area contributed by atoms with Crippen molar-refractivity contribution < 1.29 is 14.0 Å². The largest absolute Gasteiger partial charge is 0.386 e. The Labute approximate surface area is 211 Å². The highest BCUT2D eigenvalue weighted by Crippen LogP contribution is 2.19. The lowest BCUT2D eigenvalue weighted by molar-refractivity contribution is -0.122. The van der Waals surface area contributed by atoms with E-state index in [1.54, 1.807) is 36.4 Å². The monoisotopic (exact) mass is 506 g/mol. The average molecular weight is 507 g/mol. The molecular formula is C26H24ClFN6O2. The highest BCUT2D eigenvalue weighted by molar-refractivity contribution is 6.30. The van der Waals surface area contributed by atoms with Crippen molar-refractivity contribution in [1.82, 2.24) is 15.1 Å². The number of nitrogens with zero attached hydrogens (tertiary/aromatic N) is 3. The van der Waals surface area contributed by atoms with Crippen LogP contribution in [-0.2, 0) is 24.3 Å². The van der Waals surface area contributed by atoms with Crippen LogP contribution in [0.15, 0.2) is 77.8 Å². The minimum absolute atomic E-state index is 0.00260. The van der Waals surface area contributed by atoms with Gasteiger partial charge in [0, 0.05) is 10.9 Å². The molecule has 1 heterocycles. The third kappa shape index (κ3) is 5.69. The van der Waals surface area contributed by atoms with Gasteiger partial charge < -0.3 is 16.8 Å². The van der Waals surface area contributed by atoms with E-state index in [9.17, 15) is 14.0 Å². The average Bonchev–Trinajstić information content (AvgIpc) is 3.23. The molecule has 0 bridgehead atoms. The number of carbonyl (C=O) groups is 2. The number of nitrogens with one attached hydrogen (secondary N) is 1. The van der Waals surface area contributed by atoms with Gasteiger partial charge in [-0.3, -0.25) is 19.3 Å². The molecule has 0 aliphatic carbocycles. The Kier molecular flexibility index (Phi) is 7.60. The van der Waals surface area contributed by atoms with Crippen molar-refractivity contribution in [3.05, 3.63) is 100 Å². The summed E-state index contributed by atoms with van der Waals surface area (Å²) in [7, 11) is 0. The zero-order valence-corrected chi connectivity index (χ0v) is 20.0. The molecule has 0 radical (unpaired) electrons. The van der Waals surface area contributed by atoms with Crippen LogP contribution in [0.4, 0.5) is 4.39 Å². The molecular weight excluding hydrogens is 483 g/mol. The van der Waals surface area contributed by atoms with Crippen LogP contribution in [0.3, 0.4) is 0 Å². The first-order chi connectivity index (χ1) is 17.3. The van der Waals surface area contributed by atoms with E-state index in [1.807, 2.05) is 30.3 Å². The molecule has 0 spiro atoms. The van der Waals surface area contributed by atoms with E-state index in [4.69, 9.17) is 23.1 Å². The Bertz CT molecular complexity index is 1440. The second-order valence-electron chi connectivity index (χ2n) is 8.15. The number of rotatable bonds is 9. The Morgan fingerprint density at radius 3 is 2.50 bits per heavy atom. The number of aliphatic imine (C=N–C) groups is 1. The highest BCUT2D eigenvalue weighted by Gasteiger charge is 2.20. The van der Waals surface area contributed by atoms with Gasteiger partial charge >= 0.3 is 0 Å². The first-order valence-corrected chi connectivity index (χ1v) is 11.5. The fourth-order valence-electron chi connectivity index (χ4n) is 3.84.